The van der Waals surface area contributed by atoms with E-state index in [4.69, 9.17) is 29.6 Å². The van der Waals surface area contributed by atoms with Gasteiger partial charge < -0.3 is 5.73 Å². The SMILES string of the molecule is NC(=S)c1ccc(S(=O)(=O)Nc2cccc(Cl)c2)s1. The van der Waals surface area contributed by atoms with E-state index in [0.717, 1.165) is 11.3 Å². The number of anilines is 1. The van der Waals surface area contributed by atoms with Gasteiger partial charge in [-0.05, 0) is 30.3 Å². The normalized spacial score (nSPS) is 11.2. The molecule has 0 spiro atoms. The number of sulfonamides is 1. The van der Waals surface area contributed by atoms with Crippen molar-refractivity contribution in [3.63, 3.8) is 0 Å². The fourth-order valence-electron chi connectivity index (χ4n) is 1.35. The second-order valence-electron chi connectivity index (χ2n) is 3.60. The molecule has 4 nitrogen and oxygen atoms in total. The average molecular weight is 333 g/mol. The number of thiocarbonyl (C=S) groups is 1. The zero-order valence-electron chi connectivity index (χ0n) is 9.46. The molecule has 0 atom stereocenters. The third-order valence-electron chi connectivity index (χ3n) is 2.17. The fourth-order valence-corrected chi connectivity index (χ4v) is 3.95. The van der Waals surface area contributed by atoms with Crippen molar-refractivity contribution in [2.45, 2.75) is 4.21 Å². The van der Waals surface area contributed by atoms with E-state index in [-0.39, 0.29) is 9.20 Å². The molecular formula is C11H9ClN2O2S3. The summed E-state index contributed by atoms with van der Waals surface area (Å²) in [4.78, 5) is 0.732. The molecule has 0 amide bonds. The molecule has 1 heterocycles. The molecule has 0 saturated heterocycles. The highest BCUT2D eigenvalue weighted by Crippen LogP contribution is 2.25. The molecule has 3 N–H and O–H groups in total. The zero-order chi connectivity index (χ0) is 14.0. The van der Waals surface area contributed by atoms with Gasteiger partial charge in [-0.15, -0.1) is 11.3 Å². The van der Waals surface area contributed by atoms with Crippen LogP contribution in [0.3, 0.4) is 0 Å². The molecule has 0 bridgehead atoms. The van der Waals surface area contributed by atoms with E-state index >= 15 is 0 Å². The molecule has 2 rings (SSSR count). The van der Waals surface area contributed by atoms with Gasteiger partial charge in [0.2, 0.25) is 0 Å². The molecular weight excluding hydrogens is 324 g/mol. The first kappa shape index (κ1) is 14.3. The molecule has 0 aliphatic heterocycles. The molecule has 100 valence electrons. The summed E-state index contributed by atoms with van der Waals surface area (Å²) >= 11 is 11.6. The third-order valence-corrected chi connectivity index (χ3v) is 5.74. The highest BCUT2D eigenvalue weighted by atomic mass is 35.5. The highest BCUT2D eigenvalue weighted by molar-refractivity contribution is 7.94. The Morgan fingerprint density at radius 2 is 2.05 bits per heavy atom. The summed E-state index contributed by atoms with van der Waals surface area (Å²) in [5.41, 5.74) is 5.85. The summed E-state index contributed by atoms with van der Waals surface area (Å²) in [6, 6.07) is 9.52. The standard InChI is InChI=1S/C11H9ClN2O2S3/c12-7-2-1-3-8(6-7)14-19(15,16)10-5-4-9(18-10)11(13)17/h1-6,14H,(H2,13,17). The molecule has 0 unspecified atom stereocenters. The second-order valence-corrected chi connectivity index (χ2v) is 7.47. The first-order valence-corrected chi connectivity index (χ1v) is 8.15. The first-order chi connectivity index (χ1) is 8.88. The maximum absolute atomic E-state index is 12.1. The smallest absolute Gasteiger partial charge is 0.271 e. The lowest BCUT2D eigenvalue weighted by molar-refractivity contribution is 0.603. The third kappa shape index (κ3) is 3.44. The molecule has 1 aromatic heterocycles. The lowest BCUT2D eigenvalue weighted by Gasteiger charge is -2.06. The van der Waals surface area contributed by atoms with E-state index in [0.29, 0.717) is 15.6 Å². The van der Waals surface area contributed by atoms with Gasteiger partial charge >= 0.3 is 0 Å². The van der Waals surface area contributed by atoms with E-state index in [1.165, 1.54) is 12.1 Å². The van der Waals surface area contributed by atoms with Gasteiger partial charge in [0.15, 0.2) is 0 Å². The van der Waals surface area contributed by atoms with Crippen LogP contribution in [-0.4, -0.2) is 13.4 Å². The van der Waals surface area contributed by atoms with Gasteiger partial charge in [0.25, 0.3) is 10.0 Å². The minimum Gasteiger partial charge on any atom is -0.389 e. The van der Waals surface area contributed by atoms with Crippen molar-refractivity contribution < 1.29 is 8.42 Å². The number of rotatable bonds is 4. The van der Waals surface area contributed by atoms with Gasteiger partial charge in [0.05, 0.1) is 10.6 Å². The lowest BCUT2D eigenvalue weighted by atomic mass is 10.3. The van der Waals surface area contributed by atoms with E-state index in [1.807, 2.05) is 0 Å². The average Bonchev–Trinajstić information content (AvgIpc) is 2.78. The van der Waals surface area contributed by atoms with Crippen LogP contribution >= 0.6 is 35.2 Å². The van der Waals surface area contributed by atoms with E-state index in [1.54, 1.807) is 24.3 Å². The Labute approximate surface area is 125 Å². The van der Waals surface area contributed by atoms with Crippen LogP contribution in [0.25, 0.3) is 0 Å². The monoisotopic (exact) mass is 332 g/mol. The summed E-state index contributed by atoms with van der Waals surface area (Å²) in [7, 11) is -3.65. The summed E-state index contributed by atoms with van der Waals surface area (Å²) in [6.07, 6.45) is 0. The van der Waals surface area contributed by atoms with Crippen molar-refractivity contribution in [3.8, 4) is 0 Å². The van der Waals surface area contributed by atoms with E-state index in [2.05, 4.69) is 4.72 Å². The van der Waals surface area contributed by atoms with Gasteiger partial charge in [-0.25, -0.2) is 8.42 Å². The van der Waals surface area contributed by atoms with Gasteiger partial charge in [-0.2, -0.15) is 0 Å². The van der Waals surface area contributed by atoms with E-state index < -0.39 is 10.0 Å². The molecule has 2 aromatic rings. The van der Waals surface area contributed by atoms with Crippen LogP contribution in [0.15, 0.2) is 40.6 Å². The minimum absolute atomic E-state index is 0.148. The van der Waals surface area contributed by atoms with Crippen LogP contribution in [0.1, 0.15) is 4.88 Å². The van der Waals surface area contributed by atoms with Crippen LogP contribution in [0, 0.1) is 0 Å². The number of nitrogens with one attached hydrogen (secondary N) is 1. The Kier molecular flexibility index (Phi) is 4.10. The largest absolute Gasteiger partial charge is 0.389 e. The molecule has 0 radical (unpaired) electrons. The van der Waals surface area contributed by atoms with Crippen LogP contribution in [0.4, 0.5) is 5.69 Å². The van der Waals surface area contributed by atoms with Crippen molar-refractivity contribution >= 4 is 55.9 Å². The zero-order valence-corrected chi connectivity index (χ0v) is 12.7. The number of hydrogen-bond acceptors (Lipinski definition) is 4. The first-order valence-electron chi connectivity index (χ1n) is 5.06. The topological polar surface area (TPSA) is 72.2 Å². The molecule has 0 saturated carbocycles. The summed E-state index contributed by atoms with van der Waals surface area (Å²) in [5, 5.41) is 0.454. The number of thiophene rings is 1. The Morgan fingerprint density at radius 1 is 1.32 bits per heavy atom. The van der Waals surface area contributed by atoms with Gasteiger partial charge in [-0.1, -0.05) is 29.9 Å². The number of benzene rings is 1. The van der Waals surface area contributed by atoms with Crippen LogP contribution in [0.5, 0.6) is 0 Å². The van der Waals surface area contributed by atoms with Crippen molar-refractivity contribution in [2.75, 3.05) is 4.72 Å². The van der Waals surface area contributed by atoms with Crippen LogP contribution < -0.4 is 10.5 Å². The molecule has 0 aliphatic rings. The quantitative estimate of drug-likeness (QED) is 0.844. The summed E-state index contributed by atoms with van der Waals surface area (Å²) in [6.45, 7) is 0. The summed E-state index contributed by atoms with van der Waals surface area (Å²) in [5.74, 6) is 0. The Bertz CT molecular complexity index is 725. The molecule has 0 fully saturated rings. The molecule has 19 heavy (non-hydrogen) atoms. The van der Waals surface area contributed by atoms with E-state index in [9.17, 15) is 8.42 Å². The van der Waals surface area contributed by atoms with Crippen molar-refractivity contribution in [1.82, 2.24) is 0 Å². The Balaban J connectivity index is 2.29. The number of nitrogens with two attached hydrogens (primary N) is 1. The van der Waals surface area contributed by atoms with Crippen molar-refractivity contribution in [1.29, 1.82) is 0 Å². The van der Waals surface area contributed by atoms with Gasteiger partial charge in [0.1, 0.15) is 9.20 Å². The van der Waals surface area contributed by atoms with Gasteiger partial charge in [-0.3, -0.25) is 4.72 Å². The highest BCUT2D eigenvalue weighted by Gasteiger charge is 2.17. The second kappa shape index (κ2) is 5.46. The Morgan fingerprint density at radius 3 is 2.63 bits per heavy atom. The van der Waals surface area contributed by atoms with Crippen LogP contribution in [0.2, 0.25) is 5.02 Å². The number of halogens is 1. The minimum atomic E-state index is -3.65. The maximum Gasteiger partial charge on any atom is 0.271 e. The molecule has 8 heteroatoms. The van der Waals surface area contributed by atoms with Crippen molar-refractivity contribution in [3.05, 3.63) is 46.3 Å². The predicted molar refractivity (Wildman–Crippen MR) is 82.5 cm³/mol. The fraction of sp³-hybridized carbons (Fsp3) is 0. The molecule has 0 aliphatic carbocycles. The van der Waals surface area contributed by atoms with Gasteiger partial charge in [0, 0.05) is 5.02 Å². The molecule has 1 aromatic carbocycles. The lowest BCUT2D eigenvalue weighted by Crippen LogP contribution is -2.11. The predicted octanol–water partition coefficient (Wildman–Crippen LogP) is 2.84. The summed E-state index contributed by atoms with van der Waals surface area (Å²) < 4.78 is 26.8. The van der Waals surface area contributed by atoms with Crippen molar-refractivity contribution in [2.24, 2.45) is 5.73 Å². The van der Waals surface area contributed by atoms with Crippen LogP contribution in [-0.2, 0) is 10.0 Å². The maximum atomic E-state index is 12.1. The number of hydrogen-bond donors (Lipinski definition) is 2. The Hall–Kier alpha value is -1.15.